The van der Waals surface area contributed by atoms with Gasteiger partial charge >= 0.3 is 0 Å². The topological polar surface area (TPSA) is 75.4 Å². The fourth-order valence-electron chi connectivity index (χ4n) is 3.31. The summed E-state index contributed by atoms with van der Waals surface area (Å²) in [5.41, 5.74) is 1.29. The normalized spacial score (nSPS) is 16.7. The molecule has 0 spiro atoms. The molecule has 0 fully saturated rings. The van der Waals surface area contributed by atoms with E-state index in [4.69, 9.17) is 0 Å². The van der Waals surface area contributed by atoms with E-state index in [2.05, 4.69) is 45.2 Å². The molecular weight excluding hydrogens is 419 g/mol. The molecule has 33 heavy (non-hydrogen) atoms. The molecule has 1 atom stereocenters. The molecule has 1 aromatic heterocycles. The van der Waals surface area contributed by atoms with E-state index in [9.17, 15) is 9.18 Å². The summed E-state index contributed by atoms with van der Waals surface area (Å²) in [5.74, 6) is -0.0893. The highest BCUT2D eigenvalue weighted by molar-refractivity contribution is 5.97. The monoisotopic (exact) mass is 450 g/mol. The molecule has 0 aliphatic heterocycles. The van der Waals surface area contributed by atoms with E-state index in [1.165, 1.54) is 29.1 Å². The molecule has 1 aliphatic rings. The van der Waals surface area contributed by atoms with Crippen LogP contribution in [-0.2, 0) is 6.54 Å². The molecule has 1 unspecified atom stereocenters. The quantitative estimate of drug-likeness (QED) is 0.668. The second-order valence-corrected chi connectivity index (χ2v) is 7.93. The summed E-state index contributed by atoms with van der Waals surface area (Å²) in [5, 5.41) is 3.55. The van der Waals surface area contributed by atoms with Gasteiger partial charge in [0, 0.05) is 37.1 Å². The van der Waals surface area contributed by atoms with E-state index in [0.29, 0.717) is 11.6 Å². The molecule has 3 rings (SSSR count). The maximum Gasteiger partial charge on any atom is 0.251 e. The van der Waals surface area contributed by atoms with Crippen LogP contribution in [-0.4, -0.2) is 57.9 Å². The summed E-state index contributed by atoms with van der Waals surface area (Å²) >= 11 is 0. The lowest BCUT2D eigenvalue weighted by atomic mass is 10.0. The Balaban J connectivity index is 1.77. The van der Waals surface area contributed by atoms with Crippen molar-refractivity contribution in [3.63, 3.8) is 0 Å². The lowest BCUT2D eigenvalue weighted by molar-refractivity contribution is 0.343. The van der Waals surface area contributed by atoms with Gasteiger partial charge in [-0.2, -0.15) is 0 Å². The Morgan fingerprint density at radius 2 is 2.12 bits per heavy atom. The molecule has 0 saturated heterocycles. The number of benzene rings is 1. The average Bonchev–Trinajstić information content (AvgIpc) is 2.81. The van der Waals surface area contributed by atoms with E-state index in [-0.39, 0.29) is 23.9 Å². The molecule has 0 amide bonds. The van der Waals surface area contributed by atoms with Crippen LogP contribution < -0.4 is 10.9 Å². The van der Waals surface area contributed by atoms with Crippen molar-refractivity contribution in [1.82, 2.24) is 24.8 Å². The summed E-state index contributed by atoms with van der Waals surface area (Å²) in [6, 6.07) is 11.2. The van der Waals surface area contributed by atoms with Gasteiger partial charge in [0.1, 0.15) is 12.1 Å². The SMILES string of the molecule is CCN(C)CCNC1C=CC(=Nc2nccccc(=O)n(Cc3cccc(F)c3)cn2)CC1. The number of halogens is 1. The van der Waals surface area contributed by atoms with Crippen LogP contribution in [0.4, 0.5) is 10.3 Å². The Hall–Kier alpha value is -3.23. The van der Waals surface area contributed by atoms with Crippen LogP contribution in [0.25, 0.3) is 0 Å². The highest BCUT2D eigenvalue weighted by Gasteiger charge is 2.12. The fraction of sp³-hybridized carbons (Fsp3) is 0.360. The minimum Gasteiger partial charge on any atom is -0.309 e. The van der Waals surface area contributed by atoms with E-state index in [0.717, 1.165) is 38.2 Å². The maximum atomic E-state index is 13.5. The Morgan fingerprint density at radius 3 is 2.88 bits per heavy atom. The molecule has 1 aromatic carbocycles. The Labute approximate surface area is 194 Å². The molecule has 1 heterocycles. The van der Waals surface area contributed by atoms with Crippen molar-refractivity contribution in [3.8, 4) is 0 Å². The molecule has 8 heteroatoms. The predicted octanol–water partition coefficient (Wildman–Crippen LogP) is 3.28. The molecule has 0 radical (unpaired) electrons. The Morgan fingerprint density at radius 1 is 1.24 bits per heavy atom. The van der Waals surface area contributed by atoms with Crippen LogP contribution in [0, 0.1) is 5.82 Å². The lowest BCUT2D eigenvalue weighted by Crippen LogP contribution is -2.36. The van der Waals surface area contributed by atoms with Crippen molar-refractivity contribution in [2.24, 2.45) is 4.99 Å². The van der Waals surface area contributed by atoms with Gasteiger partial charge in [0.2, 0.25) is 0 Å². The largest absolute Gasteiger partial charge is 0.309 e. The van der Waals surface area contributed by atoms with Crippen LogP contribution in [0.2, 0.25) is 0 Å². The van der Waals surface area contributed by atoms with Gasteiger partial charge in [-0.15, -0.1) is 0 Å². The van der Waals surface area contributed by atoms with Crippen LogP contribution in [0.3, 0.4) is 0 Å². The molecule has 2 aromatic rings. The Kier molecular flexibility index (Phi) is 9.41. The number of allylic oxidation sites excluding steroid dienone is 1. The van der Waals surface area contributed by atoms with E-state index in [1.54, 1.807) is 30.5 Å². The van der Waals surface area contributed by atoms with Crippen molar-refractivity contribution in [3.05, 3.63) is 88.9 Å². The third-order valence-electron chi connectivity index (χ3n) is 5.38. The molecule has 0 saturated carbocycles. The van der Waals surface area contributed by atoms with Gasteiger partial charge in [0.05, 0.1) is 6.54 Å². The van der Waals surface area contributed by atoms with Crippen molar-refractivity contribution in [2.75, 3.05) is 26.7 Å². The van der Waals surface area contributed by atoms with Gasteiger partial charge in [0.15, 0.2) is 0 Å². The summed E-state index contributed by atoms with van der Waals surface area (Å²) in [4.78, 5) is 28.0. The highest BCUT2D eigenvalue weighted by atomic mass is 19.1. The standard InChI is InChI=1S/C25H31FN6O/c1-3-31(2)16-15-27-22-10-12-23(13-11-22)30-25-28-14-5-4-9-24(33)32(19-29-25)18-20-7-6-8-21(26)17-20/h4-10,12,14,17,19,22,27H,3,11,13,15-16,18H2,1-2H3. The first-order valence-electron chi connectivity index (χ1n) is 11.2. The van der Waals surface area contributed by atoms with Gasteiger partial charge < -0.3 is 10.2 Å². The average molecular weight is 451 g/mol. The number of nitrogens with zero attached hydrogens (tertiary/aromatic N) is 5. The fourth-order valence-corrected chi connectivity index (χ4v) is 3.31. The number of aromatic nitrogens is 3. The summed E-state index contributed by atoms with van der Waals surface area (Å²) in [6.07, 6.45) is 8.84. The second kappa shape index (κ2) is 12.7. The van der Waals surface area contributed by atoms with Gasteiger partial charge in [-0.3, -0.25) is 9.36 Å². The minimum absolute atomic E-state index is 0.193. The van der Waals surface area contributed by atoms with Crippen molar-refractivity contribution >= 4 is 11.7 Å². The van der Waals surface area contributed by atoms with Gasteiger partial charge in [-0.25, -0.2) is 19.4 Å². The number of hydrogen-bond acceptors (Lipinski definition) is 6. The van der Waals surface area contributed by atoms with Crippen LogP contribution >= 0.6 is 0 Å². The molecule has 1 N–H and O–H groups in total. The number of rotatable bonds is 8. The highest BCUT2D eigenvalue weighted by Crippen LogP contribution is 2.12. The molecule has 0 bridgehead atoms. The van der Waals surface area contributed by atoms with Crippen molar-refractivity contribution in [2.45, 2.75) is 32.4 Å². The molecule has 174 valence electrons. The van der Waals surface area contributed by atoms with Crippen LogP contribution in [0.5, 0.6) is 0 Å². The van der Waals surface area contributed by atoms with E-state index in [1.807, 2.05) is 6.08 Å². The minimum atomic E-state index is -0.348. The van der Waals surface area contributed by atoms with Gasteiger partial charge in [0.25, 0.3) is 11.5 Å². The first kappa shape index (κ1) is 24.4. The zero-order valence-electron chi connectivity index (χ0n) is 19.2. The number of nitrogens with one attached hydrogen (secondary N) is 1. The van der Waals surface area contributed by atoms with Crippen LogP contribution in [0.1, 0.15) is 25.3 Å². The summed E-state index contributed by atoms with van der Waals surface area (Å²) in [6.45, 7) is 5.33. The van der Waals surface area contributed by atoms with Crippen molar-refractivity contribution < 1.29 is 4.39 Å². The maximum absolute atomic E-state index is 13.5. The van der Waals surface area contributed by atoms with Gasteiger partial charge in [-0.05, 0) is 56.3 Å². The lowest BCUT2D eigenvalue weighted by Gasteiger charge is -2.21. The van der Waals surface area contributed by atoms with Gasteiger partial charge in [-0.1, -0.05) is 31.2 Å². The number of hydrogen-bond donors (Lipinski definition) is 1. The molecule has 1 aliphatic carbocycles. The first-order valence-corrected chi connectivity index (χ1v) is 11.2. The number of aliphatic imine (C=N–C) groups is 1. The molecule has 7 nitrogen and oxygen atoms in total. The second-order valence-electron chi connectivity index (χ2n) is 7.93. The van der Waals surface area contributed by atoms with E-state index < -0.39 is 0 Å². The third-order valence-corrected chi connectivity index (χ3v) is 5.38. The van der Waals surface area contributed by atoms with Crippen LogP contribution in [0.15, 0.2) is 76.9 Å². The third kappa shape index (κ3) is 8.32. The van der Waals surface area contributed by atoms with Crippen molar-refractivity contribution in [1.29, 1.82) is 0 Å². The first-order chi connectivity index (χ1) is 16.0. The zero-order chi connectivity index (χ0) is 23.5. The zero-order valence-corrected chi connectivity index (χ0v) is 19.2. The smallest absolute Gasteiger partial charge is 0.251 e. The predicted molar refractivity (Wildman–Crippen MR) is 130 cm³/mol. The number of likely N-dealkylation sites (N-methyl/N-ethyl adjacent to an activating group) is 1. The summed E-state index contributed by atoms with van der Waals surface area (Å²) in [7, 11) is 2.11. The Bertz CT molecular complexity index is 1100. The summed E-state index contributed by atoms with van der Waals surface area (Å²) < 4.78 is 14.9. The van der Waals surface area contributed by atoms with E-state index >= 15 is 0 Å². The molecular formula is C25H31FN6O.